The van der Waals surface area contributed by atoms with Crippen molar-refractivity contribution < 1.29 is 4.42 Å². The molecule has 0 aromatic carbocycles. The normalized spacial score (nSPS) is 11.8. The largest absolute Gasteiger partial charge is 0.467 e. The van der Waals surface area contributed by atoms with Crippen LogP contribution in [0.25, 0.3) is 0 Å². The number of hydrogen-bond acceptors (Lipinski definition) is 5. The Labute approximate surface area is 92.8 Å². The van der Waals surface area contributed by atoms with E-state index in [9.17, 15) is 0 Å². The molecule has 0 aliphatic rings. The molecule has 2 aromatic heterocycles. The highest BCUT2D eigenvalue weighted by Crippen LogP contribution is 2.16. The highest BCUT2D eigenvalue weighted by Gasteiger charge is 2.09. The van der Waals surface area contributed by atoms with E-state index >= 15 is 0 Å². The summed E-state index contributed by atoms with van der Waals surface area (Å²) in [4.78, 5) is 8.04. The maximum Gasteiger partial charge on any atom is 0.224 e. The second-order valence-corrected chi connectivity index (χ2v) is 3.26. The summed E-state index contributed by atoms with van der Waals surface area (Å²) >= 11 is 0. The van der Waals surface area contributed by atoms with Crippen molar-refractivity contribution in [2.75, 3.05) is 5.32 Å². The zero-order valence-corrected chi connectivity index (χ0v) is 8.71. The number of furan rings is 1. The van der Waals surface area contributed by atoms with Crippen molar-refractivity contribution in [1.82, 2.24) is 9.97 Å². The van der Waals surface area contributed by atoms with Gasteiger partial charge in [0.1, 0.15) is 17.5 Å². The Kier molecular flexibility index (Phi) is 2.83. The molecule has 0 spiro atoms. The third-order valence-electron chi connectivity index (χ3n) is 2.09. The topological polar surface area (TPSA) is 74.7 Å². The van der Waals surface area contributed by atoms with Crippen molar-refractivity contribution in [3.63, 3.8) is 0 Å². The third-order valence-corrected chi connectivity index (χ3v) is 2.09. The average molecular weight is 214 g/mol. The lowest BCUT2D eigenvalue weighted by Crippen LogP contribution is -2.08. The van der Waals surface area contributed by atoms with E-state index in [4.69, 9.17) is 9.68 Å². The minimum absolute atomic E-state index is 0.0380. The first kappa shape index (κ1) is 10.2. The van der Waals surface area contributed by atoms with Gasteiger partial charge in [-0.1, -0.05) is 0 Å². The van der Waals surface area contributed by atoms with E-state index in [1.54, 1.807) is 18.5 Å². The zero-order chi connectivity index (χ0) is 11.4. The molecule has 0 saturated heterocycles. The number of nitrogens with one attached hydrogen (secondary N) is 1. The first-order valence-corrected chi connectivity index (χ1v) is 4.82. The smallest absolute Gasteiger partial charge is 0.224 e. The van der Waals surface area contributed by atoms with Gasteiger partial charge in [-0.2, -0.15) is 5.26 Å². The van der Waals surface area contributed by atoms with E-state index in [1.165, 1.54) is 0 Å². The van der Waals surface area contributed by atoms with Gasteiger partial charge < -0.3 is 9.73 Å². The number of nitrogens with zero attached hydrogens (tertiary/aromatic N) is 3. The van der Waals surface area contributed by atoms with Gasteiger partial charge in [0.15, 0.2) is 0 Å². The van der Waals surface area contributed by atoms with Crippen LogP contribution in [-0.2, 0) is 0 Å². The second-order valence-electron chi connectivity index (χ2n) is 3.26. The van der Waals surface area contributed by atoms with E-state index in [2.05, 4.69) is 15.3 Å². The van der Waals surface area contributed by atoms with Crippen LogP contribution in [0.4, 0.5) is 5.95 Å². The number of hydrogen-bond donors (Lipinski definition) is 1. The molecule has 0 aliphatic heterocycles. The molecule has 0 saturated carbocycles. The second kappa shape index (κ2) is 4.45. The van der Waals surface area contributed by atoms with E-state index in [-0.39, 0.29) is 6.04 Å². The Balaban J connectivity index is 2.12. The summed E-state index contributed by atoms with van der Waals surface area (Å²) in [6, 6.07) is 7.17. The third kappa shape index (κ3) is 2.17. The Morgan fingerprint density at radius 1 is 1.50 bits per heavy atom. The standard InChI is InChI=1S/C11H10N4O/c1-8(10-3-2-6-16-10)14-11-13-5-4-9(7-12)15-11/h2-6,8H,1H3,(H,13,14,15). The number of aromatic nitrogens is 2. The molecule has 2 aromatic rings. The molecular weight excluding hydrogens is 204 g/mol. The van der Waals surface area contributed by atoms with Crippen LogP contribution < -0.4 is 5.32 Å². The molecule has 80 valence electrons. The lowest BCUT2D eigenvalue weighted by Gasteiger charge is -2.10. The maximum absolute atomic E-state index is 8.69. The first-order chi connectivity index (χ1) is 7.79. The summed E-state index contributed by atoms with van der Waals surface area (Å²) in [5.41, 5.74) is 0.337. The van der Waals surface area contributed by atoms with Gasteiger partial charge in [-0.05, 0) is 25.1 Å². The van der Waals surface area contributed by atoms with Crippen molar-refractivity contribution in [2.24, 2.45) is 0 Å². The van der Waals surface area contributed by atoms with Crippen LogP contribution in [-0.4, -0.2) is 9.97 Å². The van der Waals surface area contributed by atoms with Crippen molar-refractivity contribution in [3.05, 3.63) is 42.1 Å². The zero-order valence-electron chi connectivity index (χ0n) is 8.71. The molecule has 0 bridgehead atoms. The molecule has 1 atom stereocenters. The number of nitriles is 1. The molecule has 0 fully saturated rings. The quantitative estimate of drug-likeness (QED) is 0.846. The molecule has 1 N–H and O–H groups in total. The fraction of sp³-hybridized carbons (Fsp3) is 0.182. The van der Waals surface area contributed by atoms with Crippen molar-refractivity contribution in [3.8, 4) is 6.07 Å². The van der Waals surface area contributed by atoms with Gasteiger partial charge in [-0.3, -0.25) is 0 Å². The van der Waals surface area contributed by atoms with Gasteiger partial charge in [0.2, 0.25) is 5.95 Å². The van der Waals surface area contributed by atoms with Gasteiger partial charge in [0, 0.05) is 6.20 Å². The number of anilines is 1. The lowest BCUT2D eigenvalue weighted by atomic mass is 10.2. The SMILES string of the molecule is CC(Nc1nccc(C#N)n1)c1ccco1. The van der Waals surface area contributed by atoms with Crippen LogP contribution in [0.5, 0.6) is 0 Å². The first-order valence-electron chi connectivity index (χ1n) is 4.82. The molecule has 16 heavy (non-hydrogen) atoms. The van der Waals surface area contributed by atoms with Crippen LogP contribution in [0.3, 0.4) is 0 Å². The minimum Gasteiger partial charge on any atom is -0.467 e. The maximum atomic E-state index is 8.69. The fourth-order valence-corrected chi connectivity index (χ4v) is 1.29. The summed E-state index contributed by atoms with van der Waals surface area (Å²) in [6.45, 7) is 1.93. The summed E-state index contributed by atoms with van der Waals surface area (Å²) in [7, 11) is 0. The van der Waals surface area contributed by atoms with Crippen LogP contribution >= 0.6 is 0 Å². The van der Waals surface area contributed by atoms with E-state index in [0.29, 0.717) is 11.6 Å². The van der Waals surface area contributed by atoms with Crippen LogP contribution in [0, 0.1) is 11.3 Å². The monoisotopic (exact) mass is 214 g/mol. The summed E-state index contributed by atoms with van der Waals surface area (Å²) in [6.07, 6.45) is 3.16. The molecular formula is C11H10N4O. The molecule has 2 heterocycles. The molecule has 5 heteroatoms. The molecule has 2 rings (SSSR count). The number of rotatable bonds is 3. The summed E-state index contributed by atoms with van der Waals surface area (Å²) in [5, 5.41) is 11.7. The predicted octanol–water partition coefficient (Wildman–Crippen LogP) is 2.11. The Morgan fingerprint density at radius 3 is 3.06 bits per heavy atom. The van der Waals surface area contributed by atoms with Crippen LogP contribution in [0.1, 0.15) is 24.4 Å². The van der Waals surface area contributed by atoms with E-state index in [0.717, 1.165) is 5.76 Å². The highest BCUT2D eigenvalue weighted by atomic mass is 16.3. The van der Waals surface area contributed by atoms with Gasteiger partial charge >= 0.3 is 0 Å². The van der Waals surface area contributed by atoms with E-state index in [1.807, 2.05) is 25.1 Å². The Bertz CT molecular complexity index is 501. The highest BCUT2D eigenvalue weighted by molar-refractivity contribution is 5.32. The average Bonchev–Trinajstić information content (AvgIpc) is 2.83. The lowest BCUT2D eigenvalue weighted by molar-refractivity contribution is 0.489. The van der Waals surface area contributed by atoms with Gasteiger partial charge in [0.05, 0.1) is 12.3 Å². The molecule has 1 unspecified atom stereocenters. The van der Waals surface area contributed by atoms with E-state index < -0.39 is 0 Å². The van der Waals surface area contributed by atoms with Crippen molar-refractivity contribution in [2.45, 2.75) is 13.0 Å². The summed E-state index contributed by atoms with van der Waals surface area (Å²) in [5.74, 6) is 1.22. The molecule has 5 nitrogen and oxygen atoms in total. The molecule has 0 amide bonds. The molecule has 0 radical (unpaired) electrons. The van der Waals surface area contributed by atoms with Gasteiger partial charge in [0.25, 0.3) is 0 Å². The van der Waals surface area contributed by atoms with Crippen LogP contribution in [0.2, 0.25) is 0 Å². The van der Waals surface area contributed by atoms with Gasteiger partial charge in [-0.25, -0.2) is 9.97 Å². The molecule has 0 aliphatic carbocycles. The van der Waals surface area contributed by atoms with Crippen molar-refractivity contribution >= 4 is 5.95 Å². The summed E-state index contributed by atoms with van der Waals surface area (Å²) < 4.78 is 5.24. The fourth-order valence-electron chi connectivity index (χ4n) is 1.29. The Morgan fingerprint density at radius 2 is 2.38 bits per heavy atom. The predicted molar refractivity (Wildman–Crippen MR) is 57.5 cm³/mol. The van der Waals surface area contributed by atoms with Crippen LogP contribution in [0.15, 0.2) is 35.1 Å². The van der Waals surface area contributed by atoms with Crippen molar-refractivity contribution in [1.29, 1.82) is 5.26 Å². The van der Waals surface area contributed by atoms with Gasteiger partial charge in [-0.15, -0.1) is 0 Å². The Hall–Kier alpha value is -2.35. The minimum atomic E-state index is -0.0380.